The molecule has 2 heterocycles. The highest BCUT2D eigenvalue weighted by Crippen LogP contribution is 2.40. The van der Waals surface area contributed by atoms with Crippen LogP contribution in [-0.2, 0) is 11.2 Å². The summed E-state index contributed by atoms with van der Waals surface area (Å²) in [5.41, 5.74) is 4.50. The minimum absolute atomic E-state index is 0.716. The number of hydrogen-bond donors (Lipinski definition) is 4. The van der Waals surface area contributed by atoms with Crippen LogP contribution in [0.5, 0.6) is 0 Å². The Kier molecular flexibility index (Phi) is 5.27. The number of benzene rings is 2. The van der Waals surface area contributed by atoms with E-state index in [0.29, 0.717) is 6.42 Å². The fourth-order valence-electron chi connectivity index (χ4n) is 4.48. The predicted molar refractivity (Wildman–Crippen MR) is 115 cm³/mol. The minimum Gasteiger partial charge on any atom is -0.411 e. The number of para-hydroxylation sites is 1. The minimum atomic E-state index is -1.44. The van der Waals surface area contributed by atoms with E-state index >= 15 is 0 Å². The topological polar surface area (TPSA) is 107 Å². The maximum atomic E-state index is 10.6. The van der Waals surface area contributed by atoms with Crippen LogP contribution in [0.2, 0.25) is 0 Å². The van der Waals surface area contributed by atoms with Gasteiger partial charge in [-0.15, -0.1) is 0 Å². The van der Waals surface area contributed by atoms with E-state index in [0.717, 1.165) is 28.6 Å². The van der Waals surface area contributed by atoms with Gasteiger partial charge in [0.25, 0.3) is 0 Å². The quantitative estimate of drug-likeness (QED) is 0.287. The standard InChI is InChI=1S/C24H26N2O5/c27-21-20(12-25-30)31-24(23(29)22(21)28)26-13-17(18-3-1-2-4-19(18)26)11-14-5-7-15(8-6-14)16-9-10-16/h1-8,12-13,16,20-24,27-30H,9-11H2/b25-12+/t20-,21-,22+,23-,24-/m1/s1. The lowest BCUT2D eigenvalue weighted by molar-refractivity contribution is -0.225. The average Bonchev–Trinajstić information content (AvgIpc) is 3.58. The Labute approximate surface area is 179 Å². The van der Waals surface area contributed by atoms with E-state index in [2.05, 4.69) is 29.4 Å². The smallest absolute Gasteiger partial charge is 0.163 e. The lowest BCUT2D eigenvalue weighted by Gasteiger charge is -2.39. The van der Waals surface area contributed by atoms with E-state index < -0.39 is 30.6 Å². The Morgan fingerprint density at radius 2 is 1.71 bits per heavy atom. The van der Waals surface area contributed by atoms with Crippen molar-refractivity contribution >= 4 is 17.1 Å². The van der Waals surface area contributed by atoms with E-state index in [-0.39, 0.29) is 0 Å². The molecule has 0 unspecified atom stereocenters. The second kappa shape index (κ2) is 8.09. The summed E-state index contributed by atoms with van der Waals surface area (Å²) in [6.45, 7) is 0. The van der Waals surface area contributed by atoms with Crippen LogP contribution in [0.25, 0.3) is 10.9 Å². The molecule has 0 radical (unpaired) electrons. The van der Waals surface area contributed by atoms with Crippen LogP contribution in [0, 0.1) is 0 Å². The van der Waals surface area contributed by atoms with Crippen molar-refractivity contribution in [1.82, 2.24) is 4.57 Å². The van der Waals surface area contributed by atoms with Gasteiger partial charge in [-0.05, 0) is 47.9 Å². The highest BCUT2D eigenvalue weighted by molar-refractivity contribution is 5.84. The van der Waals surface area contributed by atoms with Gasteiger partial charge in [0.1, 0.15) is 24.4 Å². The Morgan fingerprint density at radius 3 is 2.42 bits per heavy atom. The Hall–Kier alpha value is -2.71. The molecule has 2 aliphatic rings. The third-order valence-electron chi connectivity index (χ3n) is 6.36. The van der Waals surface area contributed by atoms with Gasteiger partial charge in [0, 0.05) is 11.6 Å². The molecular weight excluding hydrogens is 396 g/mol. The maximum Gasteiger partial charge on any atom is 0.163 e. The van der Waals surface area contributed by atoms with Gasteiger partial charge < -0.3 is 29.8 Å². The summed E-state index contributed by atoms with van der Waals surface area (Å²) in [7, 11) is 0. The molecule has 0 amide bonds. The molecule has 162 valence electrons. The van der Waals surface area contributed by atoms with Crippen molar-refractivity contribution in [2.24, 2.45) is 5.16 Å². The molecule has 1 aliphatic heterocycles. The second-order valence-corrected chi connectivity index (χ2v) is 8.50. The molecule has 4 N–H and O–H groups in total. The molecule has 2 fully saturated rings. The monoisotopic (exact) mass is 422 g/mol. The van der Waals surface area contributed by atoms with Crippen LogP contribution in [-0.4, -0.2) is 55.7 Å². The molecule has 7 nitrogen and oxygen atoms in total. The second-order valence-electron chi connectivity index (χ2n) is 8.50. The van der Waals surface area contributed by atoms with Crippen LogP contribution >= 0.6 is 0 Å². The summed E-state index contributed by atoms with van der Waals surface area (Å²) in [6, 6.07) is 16.6. The van der Waals surface area contributed by atoms with Crippen molar-refractivity contribution in [3.63, 3.8) is 0 Å². The van der Waals surface area contributed by atoms with Crippen LogP contribution in [0.1, 0.15) is 41.7 Å². The highest BCUT2D eigenvalue weighted by Gasteiger charge is 2.44. The zero-order valence-electron chi connectivity index (χ0n) is 17.0. The maximum absolute atomic E-state index is 10.6. The van der Waals surface area contributed by atoms with E-state index in [4.69, 9.17) is 9.94 Å². The number of nitrogens with zero attached hydrogens (tertiary/aromatic N) is 2. The lowest BCUT2D eigenvalue weighted by atomic mass is 9.98. The van der Waals surface area contributed by atoms with E-state index in [9.17, 15) is 15.3 Å². The molecule has 0 spiro atoms. The third-order valence-corrected chi connectivity index (χ3v) is 6.36. The Morgan fingerprint density at radius 1 is 0.968 bits per heavy atom. The van der Waals surface area contributed by atoms with Crippen molar-refractivity contribution in [3.8, 4) is 0 Å². The Bertz CT molecular complexity index is 1090. The number of hydrogen-bond acceptors (Lipinski definition) is 6. The number of fused-ring (bicyclic) bond motifs is 1. The van der Waals surface area contributed by atoms with Gasteiger partial charge in [0.05, 0.1) is 11.7 Å². The molecule has 2 aromatic carbocycles. The Balaban J connectivity index is 1.49. The van der Waals surface area contributed by atoms with Gasteiger partial charge in [-0.3, -0.25) is 0 Å². The SMILES string of the molecule is O/N=C/[C@H]1O[C@@H](n2cc(Cc3ccc(C4CC4)cc3)c3ccccc32)[C@H](O)[C@@H](O)[C@@H]1O. The lowest BCUT2D eigenvalue weighted by Crippen LogP contribution is -2.55. The van der Waals surface area contributed by atoms with Gasteiger partial charge in [-0.25, -0.2) is 0 Å². The first-order valence-corrected chi connectivity index (χ1v) is 10.6. The van der Waals surface area contributed by atoms with Crippen molar-refractivity contribution in [3.05, 3.63) is 71.4 Å². The molecule has 1 saturated heterocycles. The van der Waals surface area contributed by atoms with Crippen molar-refractivity contribution in [2.45, 2.75) is 55.8 Å². The largest absolute Gasteiger partial charge is 0.411 e. The van der Waals surface area contributed by atoms with E-state index in [1.165, 1.54) is 24.0 Å². The van der Waals surface area contributed by atoms with Gasteiger partial charge in [-0.2, -0.15) is 0 Å². The fourth-order valence-corrected chi connectivity index (χ4v) is 4.48. The summed E-state index contributed by atoms with van der Waals surface area (Å²) in [4.78, 5) is 0. The first kappa shape index (κ1) is 20.2. The molecular formula is C24H26N2O5. The number of oxime groups is 1. The zero-order valence-corrected chi connectivity index (χ0v) is 17.0. The third kappa shape index (κ3) is 3.74. The molecule has 7 heteroatoms. The van der Waals surface area contributed by atoms with Gasteiger partial charge in [0.15, 0.2) is 6.23 Å². The van der Waals surface area contributed by atoms with Crippen LogP contribution in [0.4, 0.5) is 0 Å². The van der Waals surface area contributed by atoms with Crippen molar-refractivity contribution < 1.29 is 25.3 Å². The van der Waals surface area contributed by atoms with Crippen LogP contribution in [0.15, 0.2) is 59.9 Å². The molecule has 5 atom stereocenters. The summed E-state index contributed by atoms with van der Waals surface area (Å²) in [6.07, 6.45) is 0.0255. The number of ether oxygens (including phenoxy) is 1. The summed E-state index contributed by atoms with van der Waals surface area (Å²) >= 11 is 0. The predicted octanol–water partition coefficient (Wildman–Crippen LogP) is 2.55. The molecule has 31 heavy (non-hydrogen) atoms. The molecule has 1 aromatic heterocycles. The molecule has 3 aromatic rings. The molecule has 1 aliphatic carbocycles. The highest BCUT2D eigenvalue weighted by atomic mass is 16.5. The van der Waals surface area contributed by atoms with Gasteiger partial charge >= 0.3 is 0 Å². The van der Waals surface area contributed by atoms with E-state index in [1.807, 2.05) is 30.5 Å². The average molecular weight is 422 g/mol. The number of aliphatic hydroxyl groups excluding tert-OH is 3. The van der Waals surface area contributed by atoms with Crippen LogP contribution < -0.4 is 0 Å². The van der Waals surface area contributed by atoms with Gasteiger partial charge in [0.2, 0.25) is 0 Å². The molecule has 1 saturated carbocycles. The van der Waals surface area contributed by atoms with E-state index in [1.54, 1.807) is 4.57 Å². The first-order chi connectivity index (χ1) is 15.1. The fraction of sp³-hybridized carbons (Fsp3) is 0.375. The molecule has 0 bridgehead atoms. The zero-order chi connectivity index (χ0) is 21.5. The normalized spacial score (nSPS) is 29.1. The van der Waals surface area contributed by atoms with Crippen LogP contribution in [0.3, 0.4) is 0 Å². The number of rotatable bonds is 5. The number of aromatic nitrogens is 1. The number of aliphatic hydroxyl groups is 3. The summed E-state index contributed by atoms with van der Waals surface area (Å²) in [5, 5.41) is 43.9. The first-order valence-electron chi connectivity index (χ1n) is 10.6. The van der Waals surface area contributed by atoms with Gasteiger partial charge in [-0.1, -0.05) is 47.6 Å². The summed E-state index contributed by atoms with van der Waals surface area (Å²) in [5.74, 6) is 0.720. The summed E-state index contributed by atoms with van der Waals surface area (Å²) < 4.78 is 7.60. The molecule has 5 rings (SSSR count). The van der Waals surface area contributed by atoms with Crippen molar-refractivity contribution in [2.75, 3.05) is 0 Å². The van der Waals surface area contributed by atoms with Crippen molar-refractivity contribution in [1.29, 1.82) is 0 Å².